The third kappa shape index (κ3) is 2.41. The second kappa shape index (κ2) is 5.34. The molecule has 0 bridgehead atoms. The van der Waals surface area contributed by atoms with E-state index in [4.69, 9.17) is 10.00 Å². The molecule has 0 radical (unpaired) electrons. The number of benzene rings is 1. The van der Waals surface area contributed by atoms with Crippen LogP contribution < -0.4 is 10.1 Å². The quantitative estimate of drug-likeness (QED) is 0.759. The van der Waals surface area contributed by atoms with Crippen LogP contribution in [0.3, 0.4) is 0 Å². The number of rotatable bonds is 4. The lowest BCUT2D eigenvalue weighted by atomic mass is 10.1. The van der Waals surface area contributed by atoms with Gasteiger partial charge in [-0.05, 0) is 25.0 Å². The number of carbonyl (C=O) groups is 1. The molecule has 2 N–H and O–H groups in total. The molecule has 1 aliphatic rings. The SMILES string of the molecule is COc1ccc(-c2cnn(C)c2)c2nc(NC(=O)C3(C#N)CC3)[nH]c12. The number of hydrogen-bond donors (Lipinski definition) is 2. The van der Waals surface area contributed by atoms with Gasteiger partial charge in [-0.15, -0.1) is 0 Å². The molecule has 0 spiro atoms. The number of nitrogens with zero attached hydrogens (tertiary/aromatic N) is 4. The minimum absolute atomic E-state index is 0.302. The molecule has 0 aliphatic heterocycles. The summed E-state index contributed by atoms with van der Waals surface area (Å²) in [6, 6.07) is 5.82. The van der Waals surface area contributed by atoms with Crippen LogP contribution in [0.15, 0.2) is 24.5 Å². The van der Waals surface area contributed by atoms with Crippen molar-refractivity contribution in [3.8, 4) is 22.9 Å². The highest BCUT2D eigenvalue weighted by atomic mass is 16.5. The lowest BCUT2D eigenvalue weighted by Crippen LogP contribution is -2.23. The number of aromatic nitrogens is 4. The number of hydrogen-bond acceptors (Lipinski definition) is 5. The summed E-state index contributed by atoms with van der Waals surface area (Å²) in [5.41, 5.74) is 2.23. The largest absolute Gasteiger partial charge is 0.494 e. The summed E-state index contributed by atoms with van der Waals surface area (Å²) < 4.78 is 7.10. The number of nitriles is 1. The summed E-state index contributed by atoms with van der Waals surface area (Å²) in [6.45, 7) is 0. The highest BCUT2D eigenvalue weighted by Crippen LogP contribution is 2.45. The number of nitrogens with one attached hydrogen (secondary N) is 2. The van der Waals surface area contributed by atoms with Crippen LogP contribution in [0.25, 0.3) is 22.2 Å². The second-order valence-electron chi connectivity index (χ2n) is 6.18. The summed E-state index contributed by atoms with van der Waals surface area (Å²) in [6.07, 6.45) is 4.81. The lowest BCUT2D eigenvalue weighted by Gasteiger charge is -2.04. The minimum atomic E-state index is -0.907. The molecular formula is C17H16N6O2. The van der Waals surface area contributed by atoms with Gasteiger partial charge in [-0.3, -0.25) is 14.8 Å². The van der Waals surface area contributed by atoms with Crippen LogP contribution in [0.4, 0.5) is 5.95 Å². The van der Waals surface area contributed by atoms with Gasteiger partial charge in [0.05, 0.1) is 19.4 Å². The van der Waals surface area contributed by atoms with Crippen molar-refractivity contribution in [3.63, 3.8) is 0 Å². The Morgan fingerprint density at radius 3 is 2.88 bits per heavy atom. The number of imidazole rings is 1. The van der Waals surface area contributed by atoms with Crippen LogP contribution in [-0.2, 0) is 11.8 Å². The lowest BCUT2D eigenvalue weighted by molar-refractivity contribution is -0.119. The zero-order chi connectivity index (χ0) is 17.6. The fourth-order valence-corrected chi connectivity index (χ4v) is 2.83. The van der Waals surface area contributed by atoms with Gasteiger partial charge in [0, 0.05) is 24.4 Å². The predicted octanol–water partition coefficient (Wildman–Crippen LogP) is 2.21. The number of methoxy groups -OCH3 is 1. The smallest absolute Gasteiger partial charge is 0.247 e. The van der Waals surface area contributed by atoms with Crippen molar-refractivity contribution in [1.82, 2.24) is 19.7 Å². The van der Waals surface area contributed by atoms with Crippen LogP contribution >= 0.6 is 0 Å². The number of H-pyrrole nitrogens is 1. The zero-order valence-electron chi connectivity index (χ0n) is 13.8. The number of ether oxygens (including phenoxy) is 1. The Hall–Kier alpha value is -3.34. The van der Waals surface area contributed by atoms with Crippen LogP contribution in [0, 0.1) is 16.7 Å². The fourth-order valence-electron chi connectivity index (χ4n) is 2.83. The Labute approximate surface area is 143 Å². The van der Waals surface area contributed by atoms with E-state index in [0.29, 0.717) is 35.6 Å². The maximum Gasteiger partial charge on any atom is 0.247 e. The van der Waals surface area contributed by atoms with E-state index in [1.165, 1.54) is 0 Å². The standard InChI is InChI=1S/C17H16N6O2/c1-23-8-10(7-19-23)11-3-4-12(25-2)14-13(11)20-16(21-14)22-15(24)17(9-18)5-6-17/h3-4,7-8H,5-6H2,1-2H3,(H2,20,21,22,24). The van der Waals surface area contributed by atoms with Gasteiger partial charge in [0.1, 0.15) is 22.2 Å². The monoisotopic (exact) mass is 336 g/mol. The topological polar surface area (TPSA) is 109 Å². The van der Waals surface area contributed by atoms with Crippen molar-refractivity contribution in [3.05, 3.63) is 24.5 Å². The molecule has 4 rings (SSSR count). The first-order valence-electron chi connectivity index (χ1n) is 7.85. The number of anilines is 1. The van der Waals surface area contributed by atoms with Gasteiger partial charge in [0.15, 0.2) is 0 Å². The van der Waals surface area contributed by atoms with Crippen molar-refractivity contribution in [2.24, 2.45) is 12.5 Å². The maximum atomic E-state index is 12.3. The van der Waals surface area contributed by atoms with Crippen molar-refractivity contribution >= 4 is 22.9 Å². The van der Waals surface area contributed by atoms with E-state index in [9.17, 15) is 4.79 Å². The maximum absolute atomic E-state index is 12.3. The Morgan fingerprint density at radius 2 is 2.28 bits per heavy atom. The van der Waals surface area contributed by atoms with E-state index in [2.05, 4.69) is 26.5 Å². The van der Waals surface area contributed by atoms with Crippen LogP contribution in [0.1, 0.15) is 12.8 Å². The van der Waals surface area contributed by atoms with Crippen molar-refractivity contribution < 1.29 is 9.53 Å². The Kier molecular flexibility index (Phi) is 3.25. The average Bonchev–Trinajstić information content (AvgIpc) is 3.13. The fraction of sp³-hybridized carbons (Fsp3) is 0.294. The first-order valence-corrected chi connectivity index (χ1v) is 7.85. The molecular weight excluding hydrogens is 320 g/mol. The Balaban J connectivity index is 1.78. The van der Waals surface area contributed by atoms with Gasteiger partial charge in [0.2, 0.25) is 11.9 Å². The van der Waals surface area contributed by atoms with E-state index in [1.54, 1.807) is 18.0 Å². The highest BCUT2D eigenvalue weighted by molar-refractivity contribution is 6.01. The number of aryl methyl sites for hydroxylation is 1. The van der Waals surface area contributed by atoms with Crippen molar-refractivity contribution in [2.75, 3.05) is 12.4 Å². The van der Waals surface area contributed by atoms with Crippen molar-refractivity contribution in [1.29, 1.82) is 5.26 Å². The van der Waals surface area contributed by atoms with Gasteiger partial charge in [-0.25, -0.2) is 4.98 Å². The summed E-state index contributed by atoms with van der Waals surface area (Å²) in [5.74, 6) is 0.601. The van der Waals surface area contributed by atoms with Gasteiger partial charge in [-0.2, -0.15) is 10.4 Å². The van der Waals surface area contributed by atoms with Crippen LogP contribution in [0.2, 0.25) is 0 Å². The number of fused-ring (bicyclic) bond motifs is 1. The van der Waals surface area contributed by atoms with Gasteiger partial charge in [0.25, 0.3) is 0 Å². The van der Waals surface area contributed by atoms with Crippen LogP contribution in [-0.4, -0.2) is 32.8 Å². The first-order chi connectivity index (χ1) is 12.1. The third-order valence-electron chi connectivity index (χ3n) is 4.47. The molecule has 2 aromatic heterocycles. The molecule has 2 heterocycles. The molecule has 1 aromatic carbocycles. The van der Waals surface area contributed by atoms with E-state index in [-0.39, 0.29) is 5.91 Å². The normalized spacial score (nSPS) is 14.9. The highest BCUT2D eigenvalue weighted by Gasteiger charge is 2.51. The first kappa shape index (κ1) is 15.2. The molecule has 0 saturated heterocycles. The molecule has 1 aliphatic carbocycles. The van der Waals surface area contributed by atoms with Gasteiger partial charge < -0.3 is 9.72 Å². The van der Waals surface area contributed by atoms with E-state index >= 15 is 0 Å². The number of carbonyl (C=O) groups excluding carboxylic acids is 1. The van der Waals surface area contributed by atoms with Gasteiger partial charge in [-0.1, -0.05) is 0 Å². The van der Waals surface area contributed by atoms with Crippen LogP contribution in [0.5, 0.6) is 5.75 Å². The molecule has 8 heteroatoms. The average molecular weight is 336 g/mol. The molecule has 1 saturated carbocycles. The summed E-state index contributed by atoms with van der Waals surface area (Å²) in [4.78, 5) is 19.9. The van der Waals surface area contributed by atoms with E-state index in [0.717, 1.165) is 11.1 Å². The Morgan fingerprint density at radius 1 is 1.48 bits per heavy atom. The Bertz CT molecular complexity index is 1020. The minimum Gasteiger partial charge on any atom is -0.494 e. The molecule has 1 fully saturated rings. The third-order valence-corrected chi connectivity index (χ3v) is 4.47. The predicted molar refractivity (Wildman–Crippen MR) is 90.8 cm³/mol. The summed E-state index contributed by atoms with van der Waals surface area (Å²) in [5, 5.41) is 16.1. The van der Waals surface area contributed by atoms with E-state index < -0.39 is 5.41 Å². The second-order valence-corrected chi connectivity index (χ2v) is 6.18. The molecule has 0 atom stereocenters. The molecule has 25 heavy (non-hydrogen) atoms. The molecule has 0 unspecified atom stereocenters. The summed E-state index contributed by atoms with van der Waals surface area (Å²) in [7, 11) is 3.42. The van der Waals surface area contributed by atoms with E-state index in [1.807, 2.05) is 25.4 Å². The van der Waals surface area contributed by atoms with Gasteiger partial charge >= 0.3 is 0 Å². The summed E-state index contributed by atoms with van der Waals surface area (Å²) >= 11 is 0. The molecule has 8 nitrogen and oxygen atoms in total. The van der Waals surface area contributed by atoms with Crippen molar-refractivity contribution in [2.45, 2.75) is 12.8 Å². The molecule has 1 amide bonds. The zero-order valence-corrected chi connectivity index (χ0v) is 13.8. The molecule has 126 valence electrons. The number of amides is 1. The number of aromatic amines is 1. The molecule has 3 aromatic rings.